The van der Waals surface area contributed by atoms with E-state index in [1.165, 1.54) is 6.07 Å². The summed E-state index contributed by atoms with van der Waals surface area (Å²) in [4.78, 5) is 0. The van der Waals surface area contributed by atoms with E-state index in [0.29, 0.717) is 17.9 Å². The normalized spacial score (nSPS) is 22.3. The minimum atomic E-state index is -2.84. The number of benzene rings is 1. The van der Waals surface area contributed by atoms with E-state index in [2.05, 4.69) is 21.2 Å². The Morgan fingerprint density at radius 3 is 2.86 bits per heavy atom. The minimum Gasteiger partial charge on any atom is -0.314 e. The highest BCUT2D eigenvalue weighted by atomic mass is 79.9. The van der Waals surface area contributed by atoms with Crippen LogP contribution >= 0.6 is 15.9 Å². The third-order valence-corrected chi connectivity index (χ3v) is 6.52. The van der Waals surface area contributed by atoms with Crippen LogP contribution in [0.25, 0.3) is 0 Å². The molecule has 1 aliphatic heterocycles. The van der Waals surface area contributed by atoms with Gasteiger partial charge < -0.3 is 5.32 Å². The molecule has 0 aromatic heterocycles. The molecule has 0 radical (unpaired) electrons. The van der Waals surface area contributed by atoms with Crippen molar-refractivity contribution < 1.29 is 12.8 Å². The number of halogens is 2. The number of likely N-dealkylation sites (N-methyl/N-ethyl adjacent to an activating group) is 1. The highest BCUT2D eigenvalue weighted by molar-refractivity contribution is 9.10. The van der Waals surface area contributed by atoms with Gasteiger partial charge in [-0.25, -0.2) is 12.8 Å². The van der Waals surface area contributed by atoms with E-state index in [0.717, 1.165) is 29.4 Å². The summed E-state index contributed by atoms with van der Waals surface area (Å²) >= 11 is 3.45. The van der Waals surface area contributed by atoms with E-state index < -0.39 is 9.84 Å². The summed E-state index contributed by atoms with van der Waals surface area (Å²) in [6.45, 7) is 2.84. The smallest absolute Gasteiger partial charge is 0.150 e. The number of rotatable bonds is 6. The second kappa shape index (κ2) is 7.20. The van der Waals surface area contributed by atoms with Gasteiger partial charge in [-0.2, -0.15) is 0 Å². The van der Waals surface area contributed by atoms with E-state index in [1.807, 2.05) is 6.92 Å². The van der Waals surface area contributed by atoms with Gasteiger partial charge in [-0.05, 0) is 55.5 Å². The van der Waals surface area contributed by atoms with Crippen molar-refractivity contribution in [1.82, 2.24) is 5.32 Å². The molecule has 2 atom stereocenters. The highest BCUT2D eigenvalue weighted by Gasteiger charge is 2.29. The molecule has 3 nitrogen and oxygen atoms in total. The number of nitrogens with one attached hydrogen (secondary N) is 1. The van der Waals surface area contributed by atoms with Crippen LogP contribution in [-0.2, 0) is 16.3 Å². The molecule has 1 saturated heterocycles. The lowest BCUT2D eigenvalue weighted by molar-refractivity contribution is 0.408. The molecule has 0 amide bonds. The molecular formula is C15H21BrFNO2S. The second-order valence-electron chi connectivity index (χ2n) is 5.70. The Bertz CT molecular complexity index is 591. The molecule has 6 heteroatoms. The van der Waals surface area contributed by atoms with Crippen molar-refractivity contribution >= 4 is 25.8 Å². The fourth-order valence-corrected chi connectivity index (χ4v) is 5.24. The molecule has 1 aromatic carbocycles. The monoisotopic (exact) mass is 377 g/mol. The molecule has 1 aliphatic rings. The van der Waals surface area contributed by atoms with Gasteiger partial charge in [-0.3, -0.25) is 0 Å². The Morgan fingerprint density at radius 1 is 1.48 bits per heavy atom. The zero-order chi connectivity index (χ0) is 15.5. The summed E-state index contributed by atoms with van der Waals surface area (Å²) < 4.78 is 37.4. The van der Waals surface area contributed by atoms with E-state index in [1.54, 1.807) is 12.1 Å². The molecule has 0 bridgehead atoms. The molecule has 2 rings (SSSR count). The van der Waals surface area contributed by atoms with Gasteiger partial charge in [0.1, 0.15) is 5.82 Å². The molecule has 0 aliphatic carbocycles. The summed E-state index contributed by atoms with van der Waals surface area (Å²) in [5.41, 5.74) is 0.918. The van der Waals surface area contributed by atoms with Crippen LogP contribution in [0.2, 0.25) is 0 Å². The second-order valence-corrected chi connectivity index (χ2v) is 8.78. The van der Waals surface area contributed by atoms with Gasteiger partial charge in [0.15, 0.2) is 9.84 Å². The first-order chi connectivity index (χ1) is 9.89. The van der Waals surface area contributed by atoms with Gasteiger partial charge in [0, 0.05) is 10.5 Å². The molecule has 0 spiro atoms. The van der Waals surface area contributed by atoms with Crippen molar-refractivity contribution in [2.24, 2.45) is 5.92 Å². The first-order valence-electron chi connectivity index (χ1n) is 7.27. The zero-order valence-electron chi connectivity index (χ0n) is 12.1. The lowest BCUT2D eigenvalue weighted by Crippen LogP contribution is -2.33. The predicted octanol–water partition coefficient (Wildman–Crippen LogP) is 2.93. The average molecular weight is 378 g/mol. The van der Waals surface area contributed by atoms with Crippen LogP contribution in [0.1, 0.15) is 25.3 Å². The maximum atomic E-state index is 13.4. The number of hydrogen-bond acceptors (Lipinski definition) is 3. The predicted molar refractivity (Wildman–Crippen MR) is 86.6 cm³/mol. The first-order valence-corrected chi connectivity index (χ1v) is 9.89. The Labute approximate surface area is 134 Å². The maximum absolute atomic E-state index is 13.4. The van der Waals surface area contributed by atoms with Gasteiger partial charge in [0.25, 0.3) is 0 Å². The lowest BCUT2D eigenvalue weighted by Gasteiger charge is -2.21. The molecule has 21 heavy (non-hydrogen) atoms. The lowest BCUT2D eigenvalue weighted by atomic mass is 9.94. The van der Waals surface area contributed by atoms with Crippen LogP contribution in [0.15, 0.2) is 22.7 Å². The van der Waals surface area contributed by atoms with Crippen LogP contribution in [0.3, 0.4) is 0 Å². The molecular weight excluding hydrogens is 357 g/mol. The van der Waals surface area contributed by atoms with Crippen molar-refractivity contribution in [2.45, 2.75) is 32.2 Å². The first kappa shape index (κ1) is 16.9. The van der Waals surface area contributed by atoms with Gasteiger partial charge in [-0.15, -0.1) is 0 Å². The van der Waals surface area contributed by atoms with Crippen molar-refractivity contribution in [2.75, 3.05) is 18.1 Å². The molecule has 1 heterocycles. The Morgan fingerprint density at radius 2 is 2.24 bits per heavy atom. The summed E-state index contributed by atoms with van der Waals surface area (Å²) in [5.74, 6) is 0.567. The van der Waals surface area contributed by atoms with E-state index in [9.17, 15) is 12.8 Å². The minimum absolute atomic E-state index is 0.173. The van der Waals surface area contributed by atoms with Crippen molar-refractivity contribution in [3.63, 3.8) is 0 Å². The average Bonchev–Trinajstić information content (AvgIpc) is 2.73. The van der Waals surface area contributed by atoms with Gasteiger partial charge in [-0.1, -0.05) is 22.9 Å². The summed E-state index contributed by atoms with van der Waals surface area (Å²) in [7, 11) is -2.84. The number of sulfone groups is 1. The topological polar surface area (TPSA) is 46.2 Å². The summed E-state index contributed by atoms with van der Waals surface area (Å²) in [6, 6.07) is 4.86. The molecule has 2 unspecified atom stereocenters. The van der Waals surface area contributed by atoms with Gasteiger partial charge >= 0.3 is 0 Å². The molecule has 1 N–H and O–H groups in total. The largest absolute Gasteiger partial charge is 0.314 e. The summed E-state index contributed by atoms with van der Waals surface area (Å²) in [6.07, 6.45) is 2.26. The van der Waals surface area contributed by atoms with Crippen LogP contribution in [0.5, 0.6) is 0 Å². The van der Waals surface area contributed by atoms with Gasteiger partial charge in [0.2, 0.25) is 0 Å². The molecule has 0 saturated carbocycles. The van der Waals surface area contributed by atoms with E-state index >= 15 is 0 Å². The maximum Gasteiger partial charge on any atom is 0.150 e. The molecule has 1 fully saturated rings. The zero-order valence-corrected chi connectivity index (χ0v) is 14.5. The highest BCUT2D eigenvalue weighted by Crippen LogP contribution is 2.26. The standard InChI is InChI=1S/C15H21BrFNO2S/c1-2-18-14(7-11-5-6-21(19,20)10-11)9-12-8-13(17)3-4-15(12)16/h3-4,8,11,14,18H,2,5-7,9-10H2,1H3. The van der Waals surface area contributed by atoms with Crippen LogP contribution in [0, 0.1) is 11.7 Å². The third kappa shape index (κ3) is 5.04. The van der Waals surface area contributed by atoms with Crippen LogP contribution in [-0.4, -0.2) is 32.5 Å². The van der Waals surface area contributed by atoms with E-state index in [4.69, 9.17) is 0 Å². The quantitative estimate of drug-likeness (QED) is 0.828. The molecule has 118 valence electrons. The van der Waals surface area contributed by atoms with Crippen molar-refractivity contribution in [1.29, 1.82) is 0 Å². The van der Waals surface area contributed by atoms with Crippen molar-refractivity contribution in [3.05, 3.63) is 34.1 Å². The Hall–Kier alpha value is -0.460. The SMILES string of the molecule is CCNC(Cc1cc(F)ccc1Br)CC1CCS(=O)(=O)C1. The Kier molecular flexibility index (Phi) is 5.80. The summed E-state index contributed by atoms with van der Waals surface area (Å²) in [5, 5.41) is 3.39. The van der Waals surface area contributed by atoms with Crippen LogP contribution < -0.4 is 5.32 Å². The van der Waals surface area contributed by atoms with E-state index in [-0.39, 0.29) is 17.8 Å². The number of hydrogen-bond donors (Lipinski definition) is 1. The Balaban J connectivity index is 2.03. The van der Waals surface area contributed by atoms with Crippen molar-refractivity contribution in [3.8, 4) is 0 Å². The molecule has 1 aromatic rings. The third-order valence-electron chi connectivity index (χ3n) is 3.91. The van der Waals surface area contributed by atoms with Crippen LogP contribution in [0.4, 0.5) is 4.39 Å². The van der Waals surface area contributed by atoms with Gasteiger partial charge in [0.05, 0.1) is 11.5 Å². The fraction of sp³-hybridized carbons (Fsp3) is 0.600. The fourth-order valence-electron chi connectivity index (χ4n) is 2.95.